The predicted octanol–water partition coefficient (Wildman–Crippen LogP) is 3.59. The van der Waals surface area contributed by atoms with E-state index in [1.807, 2.05) is 0 Å². The van der Waals surface area contributed by atoms with E-state index in [0.717, 1.165) is 0 Å². The van der Waals surface area contributed by atoms with Crippen molar-refractivity contribution in [3.05, 3.63) is 65.0 Å². The average Bonchev–Trinajstić information content (AvgIpc) is 3.14. The molecule has 0 amide bonds. The number of hydrogen-bond donors (Lipinski definition) is 0. The Morgan fingerprint density at radius 2 is 1.96 bits per heavy atom. The molecule has 0 bridgehead atoms. The molecule has 0 saturated carbocycles. The van der Waals surface area contributed by atoms with Crippen molar-refractivity contribution in [1.29, 1.82) is 0 Å². The maximum Gasteiger partial charge on any atom is 0.271 e. The van der Waals surface area contributed by atoms with Gasteiger partial charge in [0.1, 0.15) is 12.1 Å². The van der Waals surface area contributed by atoms with E-state index in [4.69, 9.17) is 0 Å². The number of non-ortho nitro benzene ring substituents is 1. The number of aromatic nitrogens is 4. The summed E-state index contributed by atoms with van der Waals surface area (Å²) >= 11 is 0. The van der Waals surface area contributed by atoms with Gasteiger partial charge in [-0.25, -0.2) is 8.78 Å². The zero-order chi connectivity index (χ0) is 19.0. The number of nitro benzene ring substituents is 1. The van der Waals surface area contributed by atoms with Crippen LogP contribution >= 0.6 is 0 Å². The first-order chi connectivity index (χ1) is 13.0. The van der Waals surface area contributed by atoms with E-state index in [1.54, 1.807) is 30.3 Å². The highest BCUT2D eigenvalue weighted by atomic mass is 19.3. The number of para-hydroxylation sites is 1. The van der Waals surface area contributed by atoms with Crippen LogP contribution in [-0.4, -0.2) is 37.5 Å². The Labute approximate surface area is 150 Å². The molecular weight excluding hydrogens is 358 g/mol. The summed E-state index contributed by atoms with van der Waals surface area (Å²) in [6.45, 7) is -0.590. The van der Waals surface area contributed by atoms with Crippen molar-refractivity contribution in [2.75, 3.05) is 11.4 Å². The van der Waals surface area contributed by atoms with Crippen LogP contribution in [0.1, 0.15) is 0 Å². The highest BCUT2D eigenvalue weighted by Crippen LogP contribution is 2.33. The van der Waals surface area contributed by atoms with Gasteiger partial charge in [-0.15, -0.1) is 10.2 Å². The first-order valence-corrected chi connectivity index (χ1v) is 7.93. The molecule has 0 N–H and O–H groups in total. The van der Waals surface area contributed by atoms with Gasteiger partial charge < -0.3 is 4.90 Å². The van der Waals surface area contributed by atoms with Crippen LogP contribution in [0.15, 0.2) is 54.9 Å². The van der Waals surface area contributed by atoms with Gasteiger partial charge in [-0.05, 0) is 18.2 Å². The average molecular weight is 370 g/mol. The standard InChI is InChI=1S/C17H12F2N6O2/c18-15(19)9-23(11-4-2-1-3-5-11)16-13-7-6-12(25(26)27)8-14(13)24-10-20-22-17(24)21-16/h1-8,10,15H,9H2. The third-order valence-corrected chi connectivity index (χ3v) is 4.07. The number of fused-ring (bicyclic) bond motifs is 3. The van der Waals surface area contributed by atoms with Crippen LogP contribution in [0.3, 0.4) is 0 Å². The number of nitro groups is 1. The second kappa shape index (κ2) is 6.56. The van der Waals surface area contributed by atoms with Gasteiger partial charge in [0.25, 0.3) is 17.9 Å². The monoisotopic (exact) mass is 370 g/mol. The molecule has 0 aliphatic rings. The van der Waals surface area contributed by atoms with Gasteiger partial charge >= 0.3 is 0 Å². The molecule has 0 fully saturated rings. The maximum atomic E-state index is 13.3. The van der Waals surface area contributed by atoms with E-state index in [1.165, 1.54) is 33.8 Å². The van der Waals surface area contributed by atoms with Crippen LogP contribution in [0.4, 0.5) is 26.0 Å². The van der Waals surface area contributed by atoms with Gasteiger partial charge in [0, 0.05) is 23.2 Å². The smallest absolute Gasteiger partial charge is 0.271 e. The molecule has 2 aromatic heterocycles. The minimum atomic E-state index is -2.62. The van der Waals surface area contributed by atoms with Crippen molar-refractivity contribution < 1.29 is 13.7 Å². The van der Waals surface area contributed by atoms with Crippen molar-refractivity contribution in [3.63, 3.8) is 0 Å². The molecular formula is C17H12F2N6O2. The molecule has 4 rings (SSSR count). The molecule has 8 nitrogen and oxygen atoms in total. The van der Waals surface area contributed by atoms with Gasteiger partial charge in [0.05, 0.1) is 17.0 Å². The molecule has 4 aromatic rings. The van der Waals surface area contributed by atoms with Crippen LogP contribution in [0.2, 0.25) is 0 Å². The highest BCUT2D eigenvalue weighted by Gasteiger charge is 2.22. The molecule has 2 aromatic carbocycles. The molecule has 27 heavy (non-hydrogen) atoms. The molecule has 0 aliphatic heterocycles. The van der Waals surface area contributed by atoms with E-state index in [2.05, 4.69) is 15.2 Å². The van der Waals surface area contributed by atoms with Crippen LogP contribution < -0.4 is 4.90 Å². The summed E-state index contributed by atoms with van der Waals surface area (Å²) in [7, 11) is 0. The summed E-state index contributed by atoms with van der Waals surface area (Å²) in [4.78, 5) is 16.4. The number of benzene rings is 2. The van der Waals surface area contributed by atoms with Crippen molar-refractivity contribution in [1.82, 2.24) is 19.6 Å². The minimum absolute atomic E-state index is 0.130. The largest absolute Gasteiger partial charge is 0.320 e. The van der Waals surface area contributed by atoms with E-state index < -0.39 is 17.9 Å². The lowest BCUT2D eigenvalue weighted by atomic mass is 10.2. The molecule has 0 spiro atoms. The Hall–Kier alpha value is -3.69. The van der Waals surface area contributed by atoms with E-state index >= 15 is 0 Å². The molecule has 10 heteroatoms. The number of rotatable bonds is 5. The zero-order valence-corrected chi connectivity index (χ0v) is 13.7. The molecule has 0 unspecified atom stereocenters. The van der Waals surface area contributed by atoms with Gasteiger partial charge in [-0.3, -0.25) is 14.5 Å². The Balaban J connectivity index is 2.01. The SMILES string of the molecule is O=[N+]([O-])c1ccc2c(N(CC(F)F)c3ccccc3)nc3nncn3c2c1. The fraction of sp³-hybridized carbons (Fsp3) is 0.118. The molecule has 0 radical (unpaired) electrons. The van der Waals surface area contributed by atoms with Crippen molar-refractivity contribution in [2.24, 2.45) is 0 Å². The van der Waals surface area contributed by atoms with E-state index in [0.29, 0.717) is 16.6 Å². The Kier molecular flexibility index (Phi) is 4.07. The van der Waals surface area contributed by atoms with Gasteiger partial charge in [0.2, 0.25) is 0 Å². The fourth-order valence-corrected chi connectivity index (χ4v) is 2.92. The van der Waals surface area contributed by atoms with E-state index in [-0.39, 0.29) is 17.3 Å². The quantitative estimate of drug-likeness (QED) is 0.394. The van der Waals surface area contributed by atoms with Crippen molar-refractivity contribution in [2.45, 2.75) is 6.43 Å². The zero-order valence-electron chi connectivity index (χ0n) is 13.7. The van der Waals surface area contributed by atoms with Gasteiger partial charge in [-0.1, -0.05) is 18.2 Å². The van der Waals surface area contributed by atoms with Gasteiger partial charge in [-0.2, -0.15) is 4.98 Å². The molecule has 2 heterocycles. The molecule has 136 valence electrons. The van der Waals surface area contributed by atoms with Crippen molar-refractivity contribution >= 4 is 33.9 Å². The van der Waals surface area contributed by atoms with Crippen LogP contribution in [0.25, 0.3) is 16.7 Å². The number of nitrogens with zero attached hydrogens (tertiary/aromatic N) is 6. The summed E-state index contributed by atoms with van der Waals surface area (Å²) in [6, 6.07) is 12.8. The first kappa shape index (κ1) is 16.8. The summed E-state index contributed by atoms with van der Waals surface area (Å²) in [5.41, 5.74) is 0.799. The second-order valence-corrected chi connectivity index (χ2v) is 5.73. The molecule has 0 atom stereocenters. The summed E-state index contributed by atoms with van der Waals surface area (Å²) in [5.74, 6) is 0.389. The van der Waals surface area contributed by atoms with Crippen molar-refractivity contribution in [3.8, 4) is 0 Å². The minimum Gasteiger partial charge on any atom is -0.320 e. The maximum absolute atomic E-state index is 13.3. The topological polar surface area (TPSA) is 89.5 Å². The number of alkyl halides is 2. The normalized spacial score (nSPS) is 11.4. The molecule has 0 saturated heterocycles. The Morgan fingerprint density at radius 3 is 2.67 bits per heavy atom. The molecule has 0 aliphatic carbocycles. The second-order valence-electron chi connectivity index (χ2n) is 5.73. The van der Waals surface area contributed by atoms with Crippen LogP contribution in [0.5, 0.6) is 0 Å². The van der Waals surface area contributed by atoms with Crippen LogP contribution in [-0.2, 0) is 0 Å². The summed E-state index contributed by atoms with van der Waals surface area (Å²) in [6.07, 6.45) is -1.24. The Morgan fingerprint density at radius 1 is 1.19 bits per heavy atom. The highest BCUT2D eigenvalue weighted by molar-refractivity contribution is 5.94. The lowest BCUT2D eigenvalue weighted by Gasteiger charge is -2.25. The third-order valence-electron chi connectivity index (χ3n) is 4.07. The third kappa shape index (κ3) is 3.01. The fourth-order valence-electron chi connectivity index (χ4n) is 2.92. The predicted molar refractivity (Wildman–Crippen MR) is 94.4 cm³/mol. The van der Waals surface area contributed by atoms with E-state index in [9.17, 15) is 18.9 Å². The number of halogens is 2. The van der Waals surface area contributed by atoms with Gasteiger partial charge in [0.15, 0.2) is 0 Å². The number of hydrogen-bond acceptors (Lipinski definition) is 6. The summed E-state index contributed by atoms with van der Waals surface area (Å²) < 4.78 is 28.1. The first-order valence-electron chi connectivity index (χ1n) is 7.93. The lowest BCUT2D eigenvalue weighted by Crippen LogP contribution is -2.25. The van der Waals surface area contributed by atoms with Crippen LogP contribution in [0, 0.1) is 10.1 Å². The number of anilines is 2. The Bertz CT molecular complexity index is 1130. The summed E-state index contributed by atoms with van der Waals surface area (Å²) in [5, 5.41) is 19.3. The lowest BCUT2D eigenvalue weighted by molar-refractivity contribution is -0.384.